The number of ether oxygens (including phenoxy) is 2. The summed E-state index contributed by atoms with van der Waals surface area (Å²) < 4.78 is 11.2. The highest BCUT2D eigenvalue weighted by atomic mass is 16.5. The topological polar surface area (TPSA) is 96.4 Å². The third kappa shape index (κ3) is 6.14. The normalized spacial score (nSPS) is 13.7. The van der Waals surface area contributed by atoms with Crippen molar-refractivity contribution in [2.75, 3.05) is 39.9 Å². The van der Waals surface area contributed by atoms with Crippen LogP contribution in [-0.2, 0) is 9.59 Å². The average molecular weight is 392 g/mol. The minimum absolute atomic E-state index is 0.0595. The standard InChI is InChI=1S/C20H28N2O6/c1-3-27-17-13-15(20(26)21(2)12-9-19(24)25)7-8-16(17)28-14-18(23)22-10-5-4-6-11-22/h7-8,13H,3-6,9-12,14H2,1-2H3,(H,24,25). The van der Waals surface area contributed by atoms with Crippen LogP contribution in [0.4, 0.5) is 0 Å². The zero-order valence-electron chi connectivity index (χ0n) is 16.5. The van der Waals surface area contributed by atoms with Crippen molar-refractivity contribution in [1.82, 2.24) is 9.80 Å². The van der Waals surface area contributed by atoms with Crippen molar-refractivity contribution >= 4 is 17.8 Å². The van der Waals surface area contributed by atoms with Gasteiger partial charge < -0.3 is 24.4 Å². The van der Waals surface area contributed by atoms with Crippen LogP contribution in [0, 0.1) is 0 Å². The summed E-state index contributed by atoms with van der Waals surface area (Å²) in [6, 6.07) is 4.75. The lowest BCUT2D eigenvalue weighted by atomic mass is 10.1. The van der Waals surface area contributed by atoms with Crippen LogP contribution in [0.25, 0.3) is 0 Å². The van der Waals surface area contributed by atoms with Crippen molar-refractivity contribution in [2.24, 2.45) is 0 Å². The first-order valence-corrected chi connectivity index (χ1v) is 9.57. The van der Waals surface area contributed by atoms with Crippen molar-refractivity contribution in [3.63, 3.8) is 0 Å². The smallest absolute Gasteiger partial charge is 0.305 e. The second kappa shape index (κ2) is 10.5. The highest BCUT2D eigenvalue weighted by molar-refractivity contribution is 5.95. The summed E-state index contributed by atoms with van der Waals surface area (Å²) in [5.74, 6) is -0.547. The number of carboxylic acids is 1. The summed E-state index contributed by atoms with van der Waals surface area (Å²) >= 11 is 0. The molecule has 1 aromatic rings. The Balaban J connectivity index is 2.03. The molecule has 0 saturated carbocycles. The first-order valence-electron chi connectivity index (χ1n) is 9.57. The Morgan fingerprint density at radius 1 is 1.11 bits per heavy atom. The summed E-state index contributed by atoms with van der Waals surface area (Å²) in [6.07, 6.45) is 3.06. The lowest BCUT2D eigenvalue weighted by Crippen LogP contribution is -2.38. The molecule has 0 radical (unpaired) electrons. The third-order valence-corrected chi connectivity index (χ3v) is 4.56. The molecule has 1 heterocycles. The van der Waals surface area contributed by atoms with Gasteiger partial charge in [0.2, 0.25) is 0 Å². The van der Waals surface area contributed by atoms with E-state index < -0.39 is 5.97 Å². The van der Waals surface area contributed by atoms with Gasteiger partial charge in [-0.15, -0.1) is 0 Å². The van der Waals surface area contributed by atoms with Gasteiger partial charge in [-0.2, -0.15) is 0 Å². The molecule has 2 amide bonds. The van der Waals surface area contributed by atoms with Gasteiger partial charge in [0.15, 0.2) is 18.1 Å². The lowest BCUT2D eigenvalue weighted by Gasteiger charge is -2.26. The quantitative estimate of drug-likeness (QED) is 0.691. The van der Waals surface area contributed by atoms with Gasteiger partial charge in [-0.25, -0.2) is 0 Å². The summed E-state index contributed by atoms with van der Waals surface area (Å²) in [5, 5.41) is 8.76. The SMILES string of the molecule is CCOc1cc(C(=O)N(C)CCC(=O)O)ccc1OCC(=O)N1CCCCC1. The van der Waals surface area contributed by atoms with Gasteiger partial charge in [0.25, 0.3) is 11.8 Å². The van der Waals surface area contributed by atoms with E-state index in [-0.39, 0.29) is 31.4 Å². The molecule has 0 spiro atoms. The van der Waals surface area contributed by atoms with Crippen LogP contribution in [0.2, 0.25) is 0 Å². The molecule has 0 aliphatic carbocycles. The summed E-state index contributed by atoms with van der Waals surface area (Å²) in [4.78, 5) is 38.6. The molecule has 154 valence electrons. The number of carboxylic acid groups (broad SMARTS) is 1. The molecule has 8 nitrogen and oxygen atoms in total. The molecule has 0 aromatic heterocycles. The van der Waals surface area contributed by atoms with Gasteiger partial charge in [-0.1, -0.05) is 0 Å². The molecule has 28 heavy (non-hydrogen) atoms. The first-order chi connectivity index (χ1) is 13.4. The number of benzene rings is 1. The average Bonchev–Trinajstić information content (AvgIpc) is 2.71. The van der Waals surface area contributed by atoms with E-state index in [1.807, 2.05) is 6.92 Å². The van der Waals surface area contributed by atoms with Crippen LogP contribution in [0.5, 0.6) is 11.5 Å². The van der Waals surface area contributed by atoms with E-state index in [1.165, 1.54) is 4.90 Å². The Bertz CT molecular complexity index is 700. The van der Waals surface area contributed by atoms with Crippen LogP contribution < -0.4 is 9.47 Å². The maximum atomic E-state index is 12.5. The van der Waals surface area contributed by atoms with Crippen LogP contribution >= 0.6 is 0 Å². The van der Waals surface area contributed by atoms with Crippen molar-refractivity contribution in [3.8, 4) is 11.5 Å². The minimum Gasteiger partial charge on any atom is -0.490 e. The largest absolute Gasteiger partial charge is 0.490 e. The molecule has 1 aliphatic heterocycles. The molecule has 2 rings (SSSR count). The molecule has 1 aromatic carbocycles. The second-order valence-corrected chi connectivity index (χ2v) is 6.70. The Morgan fingerprint density at radius 3 is 2.46 bits per heavy atom. The zero-order chi connectivity index (χ0) is 20.5. The number of piperidine rings is 1. The molecule has 0 atom stereocenters. The Hall–Kier alpha value is -2.77. The second-order valence-electron chi connectivity index (χ2n) is 6.70. The van der Waals surface area contributed by atoms with E-state index >= 15 is 0 Å². The number of nitrogens with zero attached hydrogens (tertiary/aromatic N) is 2. The number of carbonyl (C=O) groups is 3. The highest BCUT2D eigenvalue weighted by Crippen LogP contribution is 2.29. The van der Waals surface area contributed by atoms with Crippen molar-refractivity contribution in [3.05, 3.63) is 23.8 Å². The third-order valence-electron chi connectivity index (χ3n) is 4.56. The molecule has 0 unspecified atom stereocenters. The van der Waals surface area contributed by atoms with E-state index in [1.54, 1.807) is 30.1 Å². The number of hydrogen-bond donors (Lipinski definition) is 1. The molecule has 8 heteroatoms. The van der Waals surface area contributed by atoms with Crippen LogP contribution in [-0.4, -0.2) is 72.6 Å². The molecular formula is C20H28N2O6. The van der Waals surface area contributed by atoms with E-state index in [0.717, 1.165) is 32.4 Å². The predicted octanol–water partition coefficient (Wildman–Crippen LogP) is 2.02. The Kier molecular flexibility index (Phi) is 8.10. The van der Waals surface area contributed by atoms with Gasteiger partial charge in [0, 0.05) is 32.2 Å². The molecule has 1 N–H and O–H groups in total. The minimum atomic E-state index is -0.961. The van der Waals surface area contributed by atoms with Gasteiger partial charge in [-0.05, 0) is 44.4 Å². The highest BCUT2D eigenvalue weighted by Gasteiger charge is 2.19. The predicted molar refractivity (Wildman–Crippen MR) is 103 cm³/mol. The monoisotopic (exact) mass is 392 g/mol. The van der Waals surface area contributed by atoms with Gasteiger partial charge in [0.05, 0.1) is 13.0 Å². The van der Waals surface area contributed by atoms with E-state index in [0.29, 0.717) is 23.7 Å². The maximum Gasteiger partial charge on any atom is 0.305 e. The number of aliphatic carboxylic acids is 1. The fourth-order valence-corrected chi connectivity index (χ4v) is 2.99. The molecular weight excluding hydrogens is 364 g/mol. The number of rotatable bonds is 9. The zero-order valence-corrected chi connectivity index (χ0v) is 16.5. The van der Waals surface area contributed by atoms with Gasteiger partial charge >= 0.3 is 5.97 Å². The van der Waals surface area contributed by atoms with Crippen molar-refractivity contribution in [2.45, 2.75) is 32.6 Å². The number of carbonyl (C=O) groups excluding carboxylic acids is 2. The summed E-state index contributed by atoms with van der Waals surface area (Å²) in [6.45, 7) is 3.75. The molecule has 1 saturated heterocycles. The lowest BCUT2D eigenvalue weighted by molar-refractivity contribution is -0.137. The fourth-order valence-electron chi connectivity index (χ4n) is 2.99. The number of hydrogen-bond acceptors (Lipinski definition) is 5. The Labute approximate surface area is 165 Å². The van der Waals surface area contributed by atoms with Gasteiger partial charge in [0.1, 0.15) is 0 Å². The van der Waals surface area contributed by atoms with Crippen LogP contribution in [0.1, 0.15) is 43.0 Å². The van der Waals surface area contributed by atoms with E-state index in [2.05, 4.69) is 0 Å². The summed E-state index contributed by atoms with van der Waals surface area (Å²) in [7, 11) is 1.55. The van der Waals surface area contributed by atoms with E-state index in [4.69, 9.17) is 14.6 Å². The number of amides is 2. The summed E-state index contributed by atoms with van der Waals surface area (Å²) in [5.41, 5.74) is 0.367. The molecule has 0 bridgehead atoms. The van der Waals surface area contributed by atoms with Crippen molar-refractivity contribution < 1.29 is 29.0 Å². The van der Waals surface area contributed by atoms with Crippen LogP contribution in [0.3, 0.4) is 0 Å². The Morgan fingerprint density at radius 2 is 1.82 bits per heavy atom. The van der Waals surface area contributed by atoms with Crippen molar-refractivity contribution in [1.29, 1.82) is 0 Å². The number of likely N-dealkylation sites (tertiary alicyclic amines) is 1. The molecule has 1 fully saturated rings. The maximum absolute atomic E-state index is 12.5. The van der Waals surface area contributed by atoms with Gasteiger partial charge in [-0.3, -0.25) is 14.4 Å². The molecule has 1 aliphatic rings. The first kappa shape index (κ1) is 21.5. The fraction of sp³-hybridized carbons (Fsp3) is 0.550. The van der Waals surface area contributed by atoms with Crippen LogP contribution in [0.15, 0.2) is 18.2 Å². The van der Waals surface area contributed by atoms with E-state index in [9.17, 15) is 14.4 Å².